The minimum Gasteiger partial charge on any atom is -0.462 e. The number of ketones is 1. The van der Waals surface area contributed by atoms with E-state index < -0.39 is 42.2 Å². The first-order valence-corrected chi connectivity index (χ1v) is 20.1. The quantitative estimate of drug-likeness (QED) is 0.0835. The van der Waals surface area contributed by atoms with Crippen LogP contribution in [0.2, 0.25) is 5.02 Å². The van der Waals surface area contributed by atoms with Gasteiger partial charge in [0.15, 0.2) is 0 Å². The first-order valence-electron chi connectivity index (χ1n) is 15.9. The van der Waals surface area contributed by atoms with Gasteiger partial charge in [0.25, 0.3) is 0 Å². The molecule has 2 aromatic carbocycles. The van der Waals surface area contributed by atoms with E-state index in [4.69, 9.17) is 40.2 Å². The largest absolute Gasteiger partial charge is 0.524 e. The number of anilines is 1. The maximum Gasteiger partial charge on any atom is 0.524 e. The Morgan fingerprint density at radius 2 is 1.90 bits per heavy atom. The van der Waals surface area contributed by atoms with Crippen LogP contribution >= 0.6 is 30.8 Å². The lowest BCUT2D eigenvalue weighted by Crippen LogP contribution is -2.28. The Labute approximate surface area is 307 Å². The average Bonchev–Trinajstić information content (AvgIpc) is 3.65. The van der Waals surface area contributed by atoms with Gasteiger partial charge in [0, 0.05) is 34.5 Å². The molecule has 1 aliphatic carbocycles. The lowest BCUT2D eigenvalue weighted by molar-refractivity contribution is -0.150. The molecule has 19 heteroatoms. The molecular formula is C33H34ClN4O11PS2. The highest BCUT2D eigenvalue weighted by molar-refractivity contribution is 7.84. The van der Waals surface area contributed by atoms with Gasteiger partial charge in [-0.05, 0) is 72.4 Å². The number of phosphoric acid groups is 1. The summed E-state index contributed by atoms with van der Waals surface area (Å²) in [7, 11) is -9.04. The molecule has 5 N–H and O–H groups in total. The number of carbonyl (C=O) groups excluding carboxylic acids is 2. The molecule has 4 atom stereocenters. The van der Waals surface area contributed by atoms with E-state index >= 15 is 0 Å². The van der Waals surface area contributed by atoms with Gasteiger partial charge in [0.1, 0.15) is 30.1 Å². The van der Waals surface area contributed by atoms with Crippen molar-refractivity contribution in [1.29, 1.82) is 0 Å². The number of nitrogens with one attached hydrogen (secondary N) is 1. The molecule has 0 amide bonds. The van der Waals surface area contributed by atoms with Gasteiger partial charge in [0.05, 0.1) is 30.1 Å². The smallest absolute Gasteiger partial charge is 0.462 e. The summed E-state index contributed by atoms with van der Waals surface area (Å²) in [5, 5.41) is 8.93. The first-order chi connectivity index (χ1) is 24.6. The van der Waals surface area contributed by atoms with Crippen LogP contribution in [-0.2, 0) is 46.2 Å². The number of aromatic nitrogens is 2. The summed E-state index contributed by atoms with van der Waals surface area (Å²) >= 11 is 7.64. The second kappa shape index (κ2) is 15.7. The number of hydrogen-bond donors (Lipinski definition) is 4. The molecule has 0 bridgehead atoms. The number of aryl methyl sites for hydroxylation is 1. The number of carbonyl (C=O) groups is 2. The van der Waals surface area contributed by atoms with E-state index in [9.17, 15) is 22.6 Å². The normalized spacial score (nSPS) is 20.2. The van der Waals surface area contributed by atoms with E-state index in [0.29, 0.717) is 22.1 Å². The van der Waals surface area contributed by atoms with E-state index in [1.807, 2.05) is 31.2 Å². The van der Waals surface area contributed by atoms with Crippen molar-refractivity contribution in [3.8, 4) is 5.75 Å². The number of thiophene rings is 1. The van der Waals surface area contributed by atoms with Crippen LogP contribution in [0.1, 0.15) is 61.3 Å². The summed E-state index contributed by atoms with van der Waals surface area (Å²) in [5.74, 6) is -1.36. The molecule has 15 nitrogen and oxygen atoms in total. The van der Waals surface area contributed by atoms with E-state index in [1.165, 1.54) is 48.1 Å². The molecule has 0 spiro atoms. The third-order valence-corrected chi connectivity index (χ3v) is 10.9. The van der Waals surface area contributed by atoms with Gasteiger partial charge in [-0.25, -0.2) is 19.7 Å². The molecule has 0 unspecified atom stereocenters. The Morgan fingerprint density at radius 3 is 2.63 bits per heavy atom. The minimum atomic E-state index is -4.75. The third-order valence-electron chi connectivity index (χ3n) is 8.66. The first kappa shape index (κ1) is 38.0. The highest BCUT2D eigenvalue weighted by Gasteiger charge is 2.39. The monoisotopic (exact) mass is 792 g/mol. The number of phosphoric ester groups is 1. The van der Waals surface area contributed by atoms with Gasteiger partial charge < -0.3 is 19.3 Å². The third kappa shape index (κ3) is 9.60. The van der Waals surface area contributed by atoms with Crippen molar-refractivity contribution in [2.75, 3.05) is 18.5 Å². The van der Waals surface area contributed by atoms with E-state index in [1.54, 1.807) is 0 Å². The zero-order valence-electron chi connectivity index (χ0n) is 27.5. The summed E-state index contributed by atoms with van der Waals surface area (Å²) in [4.78, 5) is 54.7. The summed E-state index contributed by atoms with van der Waals surface area (Å²) in [5.41, 5.74) is 3.67. The van der Waals surface area contributed by atoms with Gasteiger partial charge in [-0.2, -0.15) is 8.42 Å². The fourth-order valence-electron chi connectivity index (χ4n) is 6.37. The molecule has 276 valence electrons. The summed E-state index contributed by atoms with van der Waals surface area (Å²) in [6.45, 7) is 2.11. The Bertz CT molecular complexity index is 2130. The van der Waals surface area contributed by atoms with Crippen molar-refractivity contribution in [2.24, 2.45) is 11.1 Å². The van der Waals surface area contributed by atoms with Gasteiger partial charge in [0.2, 0.25) is 5.78 Å². The Balaban J connectivity index is 1.16. The number of nitrogens with two attached hydrogens (primary N) is 1. The summed E-state index contributed by atoms with van der Waals surface area (Å²) in [6, 6.07) is 12.7. The molecule has 2 aliphatic rings. The van der Waals surface area contributed by atoms with Crippen LogP contribution in [0.25, 0.3) is 0 Å². The highest BCUT2D eigenvalue weighted by atomic mass is 35.5. The van der Waals surface area contributed by atoms with E-state index in [-0.39, 0.29) is 54.9 Å². The second-order valence-electron chi connectivity index (χ2n) is 12.4. The SMILES string of the molecule is Cc1sc(C(=O)c2cncnc2N[C@@H]2C[C@H](COS(N)(=O)=O)[C@@H](OC(=O)Cc3ccc(OP(=O)(O)O)cc3)C2)cc1[C@@H]1OCCc2ccc(Cl)cc21. The number of esters is 1. The summed E-state index contributed by atoms with van der Waals surface area (Å²) in [6.07, 6.45) is 2.63. The molecule has 3 heterocycles. The lowest BCUT2D eigenvalue weighted by Gasteiger charge is -2.26. The Kier molecular flexibility index (Phi) is 11.5. The van der Waals surface area contributed by atoms with Gasteiger partial charge in [-0.3, -0.25) is 23.6 Å². The van der Waals surface area contributed by atoms with Crippen LogP contribution in [0, 0.1) is 12.8 Å². The zero-order chi connectivity index (χ0) is 37.2. The van der Waals surface area contributed by atoms with Crippen molar-refractivity contribution < 1.29 is 50.5 Å². The van der Waals surface area contributed by atoms with Crippen LogP contribution in [0.4, 0.5) is 5.82 Å². The molecule has 1 fully saturated rings. The van der Waals surface area contributed by atoms with Crippen molar-refractivity contribution in [2.45, 2.75) is 50.9 Å². The van der Waals surface area contributed by atoms with Gasteiger partial charge >= 0.3 is 24.1 Å². The van der Waals surface area contributed by atoms with Crippen molar-refractivity contribution >= 4 is 58.6 Å². The van der Waals surface area contributed by atoms with E-state index in [0.717, 1.165) is 28.0 Å². The number of fused-ring (bicyclic) bond motifs is 1. The lowest BCUT2D eigenvalue weighted by atomic mass is 9.93. The van der Waals surface area contributed by atoms with Crippen molar-refractivity contribution in [3.63, 3.8) is 0 Å². The number of ether oxygens (including phenoxy) is 2. The van der Waals surface area contributed by atoms with Crippen molar-refractivity contribution in [3.05, 3.63) is 104 Å². The molecule has 0 saturated heterocycles. The number of hydrogen-bond acceptors (Lipinski definition) is 13. The zero-order valence-corrected chi connectivity index (χ0v) is 30.8. The second-order valence-corrected chi connectivity index (χ2v) is 16.4. The molecule has 4 aromatic rings. The standard InChI is InChI=1S/C33H34ClN4O11PS2/c1-18-25(32-26-12-22(34)5-4-20(26)8-9-46-32)14-29(51-18)31(40)27-15-36-17-37-33(27)38-23-11-21(16-47-52(35,44)45)28(13-23)48-30(39)10-19-2-6-24(7-3-19)49-50(41,42)43/h2-7,12,14-15,17,21,23,28,32H,8-11,13,16H2,1H3,(H2,35,44,45)(H,36,37,38)(H2,41,42,43)/t21-,23-,28+,32+/m1/s1. The maximum atomic E-state index is 14.0. The molecular weight excluding hydrogens is 759 g/mol. The highest BCUT2D eigenvalue weighted by Crippen LogP contribution is 2.40. The maximum absolute atomic E-state index is 14.0. The predicted molar refractivity (Wildman–Crippen MR) is 189 cm³/mol. The topological polar surface area (TPSA) is 227 Å². The van der Waals surface area contributed by atoms with Gasteiger partial charge in [-0.15, -0.1) is 11.3 Å². The molecule has 0 radical (unpaired) electrons. The Hall–Kier alpha value is -3.77. The van der Waals surface area contributed by atoms with Crippen LogP contribution in [0.3, 0.4) is 0 Å². The van der Waals surface area contributed by atoms with Crippen molar-refractivity contribution in [1.82, 2.24) is 9.97 Å². The number of benzene rings is 2. The minimum absolute atomic E-state index is 0.0815. The predicted octanol–water partition coefficient (Wildman–Crippen LogP) is 4.43. The Morgan fingerprint density at radius 1 is 1.13 bits per heavy atom. The average molecular weight is 793 g/mol. The summed E-state index contributed by atoms with van der Waals surface area (Å²) < 4.78 is 55.6. The van der Waals surface area contributed by atoms with Crippen LogP contribution in [0.15, 0.2) is 61.1 Å². The van der Waals surface area contributed by atoms with Crippen LogP contribution in [-0.4, -0.2) is 65.3 Å². The molecule has 1 saturated carbocycles. The van der Waals surface area contributed by atoms with Crippen LogP contribution < -0.4 is 15.0 Å². The fraction of sp³-hybridized carbons (Fsp3) is 0.333. The van der Waals surface area contributed by atoms with Gasteiger partial charge in [-0.1, -0.05) is 29.8 Å². The molecule has 52 heavy (non-hydrogen) atoms. The molecule has 1 aliphatic heterocycles. The number of halogens is 1. The molecule has 6 rings (SSSR count). The number of nitrogens with zero attached hydrogens (tertiary/aromatic N) is 2. The number of rotatable bonds is 13. The molecule has 2 aromatic heterocycles. The van der Waals surface area contributed by atoms with Crippen LogP contribution in [0.5, 0.6) is 5.75 Å². The van der Waals surface area contributed by atoms with E-state index in [2.05, 4.69) is 19.8 Å². The fourth-order valence-corrected chi connectivity index (χ4v) is 8.31.